The van der Waals surface area contributed by atoms with Crippen molar-refractivity contribution in [2.24, 2.45) is 0 Å². The molecule has 4 aromatic rings. The summed E-state index contributed by atoms with van der Waals surface area (Å²) in [5.74, 6) is 0.437. The van der Waals surface area contributed by atoms with Crippen LogP contribution in [0.1, 0.15) is 11.1 Å². The first kappa shape index (κ1) is 19.4. The molecule has 0 aromatic carbocycles. The quantitative estimate of drug-likeness (QED) is 0.537. The molecule has 0 spiro atoms. The first-order valence-electron chi connectivity index (χ1n) is 8.65. The molecule has 0 amide bonds. The van der Waals surface area contributed by atoms with E-state index in [1.165, 1.54) is 19.5 Å². The van der Waals surface area contributed by atoms with Crippen LogP contribution in [0.25, 0.3) is 22.6 Å². The van der Waals surface area contributed by atoms with Gasteiger partial charge in [-0.05, 0) is 18.6 Å². The summed E-state index contributed by atoms with van der Waals surface area (Å²) in [6.07, 6.45) is -0.0494. The standard InChI is InChI=1S/C19H14F3N7O/c1-10-3-4-14(30-2)29-15(10)13-9-24-16-12(5-6-23-17(16)27-13)28-18-25-7-11(8-26-18)19(20,21)22/h3-9H,1-2H3,(H,23,25,26,27,28). The fraction of sp³-hybridized carbons (Fsp3) is 0.158. The lowest BCUT2D eigenvalue weighted by atomic mass is 10.1. The van der Waals surface area contributed by atoms with Crippen LogP contribution in [-0.4, -0.2) is 37.0 Å². The number of hydrogen-bond acceptors (Lipinski definition) is 8. The predicted octanol–water partition coefficient (Wildman–Crippen LogP) is 3.96. The van der Waals surface area contributed by atoms with Crippen molar-refractivity contribution in [2.45, 2.75) is 13.1 Å². The average Bonchev–Trinajstić information content (AvgIpc) is 2.74. The fourth-order valence-electron chi connectivity index (χ4n) is 2.68. The van der Waals surface area contributed by atoms with Crippen LogP contribution in [0, 0.1) is 6.92 Å². The number of hydrogen-bond donors (Lipinski definition) is 1. The fourth-order valence-corrected chi connectivity index (χ4v) is 2.68. The second-order valence-electron chi connectivity index (χ2n) is 6.22. The van der Waals surface area contributed by atoms with Gasteiger partial charge in [0.05, 0.1) is 30.3 Å². The van der Waals surface area contributed by atoms with Gasteiger partial charge in [-0.25, -0.2) is 29.9 Å². The zero-order valence-electron chi connectivity index (χ0n) is 15.8. The van der Waals surface area contributed by atoms with Crippen molar-refractivity contribution >= 4 is 22.8 Å². The van der Waals surface area contributed by atoms with Crippen molar-refractivity contribution in [3.8, 4) is 17.3 Å². The van der Waals surface area contributed by atoms with Gasteiger partial charge in [-0.15, -0.1) is 0 Å². The molecule has 8 nitrogen and oxygen atoms in total. The van der Waals surface area contributed by atoms with Crippen LogP contribution in [-0.2, 0) is 6.18 Å². The summed E-state index contributed by atoms with van der Waals surface area (Å²) >= 11 is 0. The van der Waals surface area contributed by atoms with E-state index in [1.54, 1.807) is 12.1 Å². The normalized spacial score (nSPS) is 11.5. The monoisotopic (exact) mass is 413 g/mol. The molecule has 30 heavy (non-hydrogen) atoms. The largest absolute Gasteiger partial charge is 0.481 e. The third-order valence-corrected chi connectivity index (χ3v) is 4.20. The molecule has 0 aliphatic rings. The average molecular weight is 413 g/mol. The predicted molar refractivity (Wildman–Crippen MR) is 102 cm³/mol. The molecular weight excluding hydrogens is 399 g/mol. The minimum Gasteiger partial charge on any atom is -0.481 e. The van der Waals surface area contributed by atoms with Crippen LogP contribution >= 0.6 is 0 Å². The number of fused-ring (bicyclic) bond motifs is 1. The number of aromatic nitrogens is 6. The number of ether oxygens (including phenoxy) is 1. The lowest BCUT2D eigenvalue weighted by Gasteiger charge is -2.10. The van der Waals surface area contributed by atoms with Gasteiger partial charge in [-0.2, -0.15) is 13.2 Å². The van der Waals surface area contributed by atoms with Crippen molar-refractivity contribution < 1.29 is 17.9 Å². The molecule has 0 fully saturated rings. The molecule has 11 heteroatoms. The van der Waals surface area contributed by atoms with Crippen LogP contribution in [0.5, 0.6) is 5.88 Å². The van der Waals surface area contributed by atoms with Crippen molar-refractivity contribution in [2.75, 3.05) is 12.4 Å². The summed E-state index contributed by atoms with van der Waals surface area (Å²) in [6.45, 7) is 1.89. The summed E-state index contributed by atoms with van der Waals surface area (Å²) in [7, 11) is 1.52. The van der Waals surface area contributed by atoms with Gasteiger partial charge >= 0.3 is 6.18 Å². The number of methoxy groups -OCH3 is 1. The van der Waals surface area contributed by atoms with E-state index in [9.17, 15) is 13.2 Å². The highest BCUT2D eigenvalue weighted by atomic mass is 19.4. The Morgan fingerprint density at radius 1 is 0.933 bits per heavy atom. The highest BCUT2D eigenvalue weighted by Crippen LogP contribution is 2.29. The lowest BCUT2D eigenvalue weighted by Crippen LogP contribution is -2.07. The maximum Gasteiger partial charge on any atom is 0.419 e. The number of nitrogens with one attached hydrogen (secondary N) is 1. The maximum atomic E-state index is 12.7. The third kappa shape index (κ3) is 3.81. The zero-order chi connectivity index (χ0) is 21.3. The summed E-state index contributed by atoms with van der Waals surface area (Å²) < 4.78 is 43.2. The number of aryl methyl sites for hydroxylation is 1. The van der Waals surface area contributed by atoms with Crippen molar-refractivity contribution in [3.63, 3.8) is 0 Å². The van der Waals surface area contributed by atoms with Crippen LogP contribution in [0.4, 0.5) is 24.8 Å². The van der Waals surface area contributed by atoms with Gasteiger partial charge in [0.1, 0.15) is 11.2 Å². The van der Waals surface area contributed by atoms with Gasteiger partial charge in [0, 0.05) is 24.7 Å². The molecule has 152 valence electrons. The smallest absolute Gasteiger partial charge is 0.419 e. The molecule has 0 saturated heterocycles. The van der Waals surface area contributed by atoms with Gasteiger partial charge < -0.3 is 10.1 Å². The number of alkyl halides is 3. The third-order valence-electron chi connectivity index (χ3n) is 4.20. The molecule has 4 rings (SSSR count). The topological polar surface area (TPSA) is 98.6 Å². The Balaban J connectivity index is 1.68. The second kappa shape index (κ2) is 7.50. The molecule has 0 saturated carbocycles. The molecule has 0 bridgehead atoms. The van der Waals surface area contributed by atoms with E-state index in [2.05, 4.69) is 35.2 Å². The summed E-state index contributed by atoms with van der Waals surface area (Å²) in [6, 6.07) is 5.21. The molecule has 0 unspecified atom stereocenters. The van der Waals surface area contributed by atoms with E-state index in [4.69, 9.17) is 4.74 Å². The van der Waals surface area contributed by atoms with Crippen molar-refractivity contribution in [1.29, 1.82) is 0 Å². The number of halogens is 3. The zero-order valence-corrected chi connectivity index (χ0v) is 15.8. The molecule has 0 aliphatic heterocycles. The Morgan fingerprint density at radius 3 is 2.40 bits per heavy atom. The van der Waals surface area contributed by atoms with E-state index in [0.717, 1.165) is 5.56 Å². The van der Waals surface area contributed by atoms with E-state index >= 15 is 0 Å². The van der Waals surface area contributed by atoms with E-state index in [-0.39, 0.29) is 5.95 Å². The van der Waals surface area contributed by atoms with E-state index in [1.807, 2.05) is 13.0 Å². The van der Waals surface area contributed by atoms with Crippen LogP contribution in [0.15, 0.2) is 43.0 Å². The molecule has 0 radical (unpaired) electrons. The molecule has 4 aromatic heterocycles. The minimum atomic E-state index is -4.50. The highest BCUT2D eigenvalue weighted by molar-refractivity contribution is 5.87. The van der Waals surface area contributed by atoms with Crippen molar-refractivity contribution in [1.82, 2.24) is 29.9 Å². The number of nitrogens with zero attached hydrogens (tertiary/aromatic N) is 6. The Bertz CT molecular complexity index is 1210. The Hall–Kier alpha value is -3.89. The van der Waals surface area contributed by atoms with Crippen molar-refractivity contribution in [3.05, 3.63) is 54.1 Å². The second-order valence-corrected chi connectivity index (χ2v) is 6.22. The van der Waals surface area contributed by atoms with Crippen LogP contribution in [0.3, 0.4) is 0 Å². The van der Waals surface area contributed by atoms with Crippen LogP contribution in [0.2, 0.25) is 0 Å². The van der Waals surface area contributed by atoms with Crippen LogP contribution < -0.4 is 10.1 Å². The van der Waals surface area contributed by atoms with Gasteiger partial charge in [-0.1, -0.05) is 6.07 Å². The first-order valence-corrected chi connectivity index (χ1v) is 8.65. The van der Waals surface area contributed by atoms with Gasteiger partial charge in [0.2, 0.25) is 11.8 Å². The van der Waals surface area contributed by atoms with Gasteiger partial charge in [0.15, 0.2) is 5.65 Å². The SMILES string of the molecule is COc1ccc(C)c(-c2cnc3c(Nc4ncc(C(F)(F)F)cn4)ccnc3n2)n1. The number of rotatable bonds is 4. The highest BCUT2D eigenvalue weighted by Gasteiger charge is 2.31. The molecule has 4 heterocycles. The Morgan fingerprint density at radius 2 is 1.70 bits per heavy atom. The van der Waals surface area contributed by atoms with Gasteiger partial charge in [0.25, 0.3) is 0 Å². The minimum absolute atomic E-state index is 0.00770. The summed E-state index contributed by atoms with van der Waals surface area (Å²) in [5, 5.41) is 2.85. The Labute approximate surface area is 168 Å². The molecule has 0 atom stereocenters. The molecular formula is C19H14F3N7O. The van der Waals surface area contributed by atoms with Gasteiger partial charge in [-0.3, -0.25) is 0 Å². The summed E-state index contributed by atoms with van der Waals surface area (Å²) in [4.78, 5) is 25.0. The van der Waals surface area contributed by atoms with E-state index < -0.39 is 11.7 Å². The molecule has 0 aliphatic carbocycles. The molecule has 1 N–H and O–H groups in total. The van der Waals surface area contributed by atoms with E-state index in [0.29, 0.717) is 46.5 Å². The number of pyridine rings is 2. The first-order chi connectivity index (χ1) is 14.3. The maximum absolute atomic E-state index is 12.7. The lowest BCUT2D eigenvalue weighted by molar-refractivity contribution is -0.138. The Kier molecular flexibility index (Phi) is 4.86. The summed E-state index contributed by atoms with van der Waals surface area (Å²) in [5.41, 5.74) is 2.26. The number of anilines is 2.